The lowest BCUT2D eigenvalue weighted by atomic mass is 10.0. The summed E-state index contributed by atoms with van der Waals surface area (Å²) >= 11 is 1.97. The van der Waals surface area contributed by atoms with E-state index in [2.05, 4.69) is 18.7 Å². The highest BCUT2D eigenvalue weighted by Gasteiger charge is 2.26. The maximum atomic E-state index is 11.3. The average Bonchev–Trinajstić information content (AvgIpc) is 2.34. The number of nitrogen functional groups attached to an aromatic ring is 1. The van der Waals surface area contributed by atoms with Crippen molar-refractivity contribution in [3.63, 3.8) is 0 Å². The Balaban J connectivity index is 2.23. The Labute approximate surface area is 118 Å². The van der Waals surface area contributed by atoms with E-state index in [1.54, 1.807) is 6.07 Å². The molecule has 2 atom stereocenters. The largest absolute Gasteiger partial charge is 0.478 e. The average molecular weight is 280 g/mol. The van der Waals surface area contributed by atoms with Crippen molar-refractivity contribution >= 4 is 23.4 Å². The van der Waals surface area contributed by atoms with Gasteiger partial charge >= 0.3 is 5.97 Å². The second kappa shape index (κ2) is 5.84. The Morgan fingerprint density at radius 3 is 2.95 bits per heavy atom. The molecule has 1 heterocycles. The van der Waals surface area contributed by atoms with Crippen LogP contribution in [0.4, 0.5) is 5.69 Å². The molecular formula is C14H20N2O2S. The third kappa shape index (κ3) is 3.04. The van der Waals surface area contributed by atoms with Gasteiger partial charge in [0.25, 0.3) is 0 Å². The van der Waals surface area contributed by atoms with E-state index in [-0.39, 0.29) is 5.56 Å². The molecule has 0 amide bonds. The Morgan fingerprint density at radius 1 is 1.53 bits per heavy atom. The van der Waals surface area contributed by atoms with Crippen LogP contribution in [0.3, 0.4) is 0 Å². The van der Waals surface area contributed by atoms with Crippen LogP contribution in [0.2, 0.25) is 0 Å². The lowest BCUT2D eigenvalue weighted by Gasteiger charge is -2.37. The molecular weight excluding hydrogens is 260 g/mol. The van der Waals surface area contributed by atoms with Gasteiger partial charge in [-0.1, -0.05) is 19.1 Å². The highest BCUT2D eigenvalue weighted by molar-refractivity contribution is 8.00. The van der Waals surface area contributed by atoms with Gasteiger partial charge in [-0.25, -0.2) is 4.79 Å². The molecule has 1 aromatic rings. The van der Waals surface area contributed by atoms with Crippen molar-refractivity contribution in [1.29, 1.82) is 0 Å². The summed E-state index contributed by atoms with van der Waals surface area (Å²) < 4.78 is 0. The number of carbonyl (C=O) groups is 1. The molecule has 1 aromatic carbocycles. The number of anilines is 1. The summed E-state index contributed by atoms with van der Waals surface area (Å²) in [6, 6.07) is 5.77. The second-order valence-corrected chi connectivity index (χ2v) is 6.46. The van der Waals surface area contributed by atoms with Gasteiger partial charge in [0, 0.05) is 35.8 Å². The quantitative estimate of drug-likeness (QED) is 0.832. The molecule has 5 heteroatoms. The summed E-state index contributed by atoms with van der Waals surface area (Å²) in [4.78, 5) is 13.7. The first-order valence-electron chi connectivity index (χ1n) is 6.47. The monoisotopic (exact) mass is 280 g/mol. The Hall–Kier alpha value is -1.20. The van der Waals surface area contributed by atoms with Crippen molar-refractivity contribution in [2.45, 2.75) is 31.7 Å². The molecule has 0 spiro atoms. The lowest BCUT2D eigenvalue weighted by molar-refractivity contribution is 0.0695. The Kier molecular flexibility index (Phi) is 4.37. The minimum atomic E-state index is -0.944. The van der Waals surface area contributed by atoms with E-state index in [0.29, 0.717) is 23.5 Å². The number of hydrogen-bond donors (Lipinski definition) is 2. The van der Waals surface area contributed by atoms with E-state index < -0.39 is 5.97 Å². The van der Waals surface area contributed by atoms with Crippen LogP contribution in [0.5, 0.6) is 0 Å². The van der Waals surface area contributed by atoms with Crippen LogP contribution in [-0.2, 0) is 6.54 Å². The zero-order valence-corrected chi connectivity index (χ0v) is 12.1. The van der Waals surface area contributed by atoms with Crippen LogP contribution in [0, 0.1) is 0 Å². The van der Waals surface area contributed by atoms with Gasteiger partial charge in [0.15, 0.2) is 0 Å². The fourth-order valence-corrected chi connectivity index (χ4v) is 3.61. The van der Waals surface area contributed by atoms with Crippen LogP contribution < -0.4 is 5.73 Å². The number of nitrogens with two attached hydrogens (primary N) is 1. The first-order chi connectivity index (χ1) is 9.00. The van der Waals surface area contributed by atoms with Gasteiger partial charge < -0.3 is 10.8 Å². The predicted molar refractivity (Wildman–Crippen MR) is 79.6 cm³/mol. The van der Waals surface area contributed by atoms with Crippen LogP contribution in [-0.4, -0.2) is 39.6 Å². The summed E-state index contributed by atoms with van der Waals surface area (Å²) in [5.41, 5.74) is 7.19. The number of thioether (sulfide) groups is 1. The highest BCUT2D eigenvalue weighted by atomic mass is 32.2. The number of carboxylic acid groups (broad SMARTS) is 1. The first kappa shape index (κ1) is 14.2. The van der Waals surface area contributed by atoms with Gasteiger partial charge in [-0.3, -0.25) is 4.90 Å². The summed E-state index contributed by atoms with van der Waals surface area (Å²) in [7, 11) is 0. The smallest absolute Gasteiger partial charge is 0.338 e. The predicted octanol–water partition coefficient (Wildman–Crippen LogP) is 2.29. The van der Waals surface area contributed by atoms with Gasteiger partial charge in [-0.2, -0.15) is 11.8 Å². The maximum absolute atomic E-state index is 11.3. The molecule has 4 nitrogen and oxygen atoms in total. The minimum absolute atomic E-state index is 0.251. The maximum Gasteiger partial charge on any atom is 0.338 e. The van der Waals surface area contributed by atoms with E-state index in [9.17, 15) is 9.90 Å². The summed E-state index contributed by atoms with van der Waals surface area (Å²) in [5.74, 6) is 0.149. The minimum Gasteiger partial charge on any atom is -0.478 e. The summed E-state index contributed by atoms with van der Waals surface area (Å²) in [5, 5.41) is 9.86. The zero-order valence-electron chi connectivity index (χ0n) is 11.3. The second-order valence-electron chi connectivity index (χ2n) is 4.97. The third-order valence-corrected chi connectivity index (χ3v) is 5.12. The molecule has 2 unspecified atom stereocenters. The van der Waals surface area contributed by atoms with E-state index in [1.165, 1.54) is 0 Å². The summed E-state index contributed by atoms with van der Waals surface area (Å²) in [6.45, 7) is 6.06. The standard InChI is InChI=1S/C14H20N2O2S/c1-9-10(2)19-7-6-16(9)8-11-4-3-5-12(15)13(11)14(17)18/h3-5,9-10H,6-8,15H2,1-2H3,(H,17,18). The lowest BCUT2D eigenvalue weighted by Crippen LogP contribution is -2.44. The summed E-state index contributed by atoms with van der Waals surface area (Å²) in [6.07, 6.45) is 0. The zero-order chi connectivity index (χ0) is 14.0. The van der Waals surface area contributed by atoms with Gasteiger partial charge in [0.1, 0.15) is 0 Å². The Morgan fingerprint density at radius 2 is 2.26 bits per heavy atom. The van der Waals surface area contributed by atoms with Crippen LogP contribution in [0.15, 0.2) is 18.2 Å². The number of benzene rings is 1. The molecule has 19 heavy (non-hydrogen) atoms. The van der Waals surface area contributed by atoms with Crippen molar-refractivity contribution in [1.82, 2.24) is 4.90 Å². The molecule has 2 rings (SSSR count). The topological polar surface area (TPSA) is 66.6 Å². The van der Waals surface area contributed by atoms with E-state index in [1.807, 2.05) is 23.9 Å². The molecule has 1 aliphatic heterocycles. The molecule has 0 bridgehead atoms. The van der Waals surface area contributed by atoms with Gasteiger partial charge in [0.05, 0.1) is 5.56 Å². The molecule has 3 N–H and O–H groups in total. The molecule has 1 saturated heterocycles. The van der Waals surface area contributed by atoms with Crippen LogP contribution >= 0.6 is 11.8 Å². The first-order valence-corrected chi connectivity index (χ1v) is 7.52. The van der Waals surface area contributed by atoms with Crippen LogP contribution in [0.1, 0.15) is 29.8 Å². The molecule has 104 valence electrons. The van der Waals surface area contributed by atoms with Gasteiger partial charge in [-0.15, -0.1) is 0 Å². The number of carboxylic acids is 1. The Bertz CT molecular complexity index is 479. The third-order valence-electron chi connectivity index (χ3n) is 3.78. The van der Waals surface area contributed by atoms with Crippen molar-refractivity contribution in [3.8, 4) is 0 Å². The van der Waals surface area contributed by atoms with Crippen molar-refractivity contribution in [3.05, 3.63) is 29.3 Å². The fraction of sp³-hybridized carbons (Fsp3) is 0.500. The molecule has 0 aliphatic carbocycles. The fourth-order valence-electron chi connectivity index (χ4n) is 2.45. The number of rotatable bonds is 3. The highest BCUT2D eigenvalue weighted by Crippen LogP contribution is 2.27. The molecule has 1 aliphatic rings. The molecule has 0 radical (unpaired) electrons. The normalized spacial score (nSPS) is 24.3. The van der Waals surface area contributed by atoms with E-state index in [4.69, 9.17) is 5.73 Å². The van der Waals surface area contributed by atoms with Crippen molar-refractivity contribution in [2.75, 3.05) is 18.0 Å². The number of aromatic carboxylic acids is 1. The SMILES string of the molecule is CC1SCCN(Cc2cccc(N)c2C(=O)O)C1C. The molecule has 0 aromatic heterocycles. The van der Waals surface area contributed by atoms with Crippen molar-refractivity contribution in [2.24, 2.45) is 0 Å². The van der Waals surface area contributed by atoms with E-state index in [0.717, 1.165) is 17.9 Å². The molecule has 1 fully saturated rings. The van der Waals surface area contributed by atoms with Gasteiger partial charge in [-0.05, 0) is 18.6 Å². The molecule has 0 saturated carbocycles. The number of hydrogen-bond acceptors (Lipinski definition) is 4. The number of nitrogens with zero attached hydrogens (tertiary/aromatic N) is 1. The van der Waals surface area contributed by atoms with Crippen molar-refractivity contribution < 1.29 is 9.90 Å². The van der Waals surface area contributed by atoms with Crippen LogP contribution in [0.25, 0.3) is 0 Å². The van der Waals surface area contributed by atoms with Gasteiger partial charge in [0.2, 0.25) is 0 Å². The van der Waals surface area contributed by atoms with E-state index >= 15 is 0 Å².